The number of nitrogens with one attached hydrogen (secondary N) is 1. The van der Waals surface area contributed by atoms with E-state index in [0.29, 0.717) is 40.5 Å². The first-order valence-corrected chi connectivity index (χ1v) is 22.9. The number of fused-ring (bicyclic) bond motifs is 4. The molecule has 0 unspecified atom stereocenters. The molecule has 13 heteroatoms. The summed E-state index contributed by atoms with van der Waals surface area (Å²) in [7, 11) is 3.14. The molecule has 346 valence electrons. The lowest BCUT2D eigenvalue weighted by atomic mass is 9.65. The number of esters is 1. The molecule has 6 aromatic rings. The molecule has 68 heavy (non-hydrogen) atoms. The molecule has 4 heterocycles. The largest absolute Gasteiger partial charge is 0.493 e. The van der Waals surface area contributed by atoms with E-state index in [1.165, 1.54) is 0 Å². The predicted molar refractivity (Wildman–Crippen MR) is 253 cm³/mol. The Hall–Kier alpha value is -7.48. The third kappa shape index (κ3) is 7.33. The van der Waals surface area contributed by atoms with Crippen LogP contribution >= 0.6 is 0 Å². The second-order valence-electron chi connectivity index (χ2n) is 17.6. The van der Waals surface area contributed by atoms with Crippen molar-refractivity contribution in [3.63, 3.8) is 0 Å². The predicted octanol–water partition coefficient (Wildman–Crippen LogP) is 7.80. The van der Waals surface area contributed by atoms with Crippen LogP contribution in [-0.2, 0) is 37.5 Å². The second-order valence-corrected chi connectivity index (χ2v) is 17.6. The number of hydrogen-bond acceptors (Lipinski definition) is 10. The molecule has 0 saturated carbocycles. The van der Waals surface area contributed by atoms with Gasteiger partial charge in [-0.2, -0.15) is 0 Å². The SMILES string of the molecule is COc1cc2c(cc1OC)CN(C(=O)[C@H]1[C@@H]3C(=O)O[C@@H](c4ccccc4)[C@@H](c4ccccc4)N3[C@@H](c3cccc(OCCO)c3)[C@]13C(=O)N(C(=O)N[C@H](C)c1ccccc1)c1ccccc13)CC2. The first kappa shape index (κ1) is 44.4. The number of nitrogens with zero attached hydrogens (tertiary/aromatic N) is 3. The Labute approximate surface area is 394 Å². The Morgan fingerprint density at radius 1 is 0.765 bits per heavy atom. The fourth-order valence-electron chi connectivity index (χ4n) is 11.1. The topological polar surface area (TPSA) is 147 Å². The van der Waals surface area contributed by atoms with Gasteiger partial charge in [0.25, 0.3) is 0 Å². The van der Waals surface area contributed by atoms with E-state index in [1.807, 2.05) is 121 Å². The van der Waals surface area contributed by atoms with Crippen LogP contribution in [0.1, 0.15) is 70.1 Å². The number of ether oxygens (including phenoxy) is 4. The van der Waals surface area contributed by atoms with Gasteiger partial charge >= 0.3 is 12.0 Å². The highest BCUT2D eigenvalue weighted by atomic mass is 16.6. The normalized spacial score (nSPS) is 23.3. The molecule has 0 aromatic heterocycles. The number of hydrogen-bond donors (Lipinski definition) is 2. The van der Waals surface area contributed by atoms with Gasteiger partial charge in [-0.1, -0.05) is 121 Å². The van der Waals surface area contributed by atoms with Crippen molar-refractivity contribution in [1.82, 2.24) is 15.1 Å². The molecule has 4 aliphatic heterocycles. The average molecular weight is 913 g/mol. The van der Waals surface area contributed by atoms with Crippen molar-refractivity contribution in [2.75, 3.05) is 38.9 Å². The molecular formula is C55H52N4O9. The summed E-state index contributed by atoms with van der Waals surface area (Å²) in [6.07, 6.45) is -0.418. The van der Waals surface area contributed by atoms with E-state index >= 15 is 19.2 Å². The van der Waals surface area contributed by atoms with E-state index < -0.39 is 65.4 Å². The molecule has 7 atom stereocenters. The summed E-state index contributed by atoms with van der Waals surface area (Å²) in [5.41, 5.74) is 3.53. The van der Waals surface area contributed by atoms with Crippen molar-refractivity contribution in [3.05, 3.63) is 191 Å². The molecule has 0 radical (unpaired) electrons. The molecule has 4 aliphatic rings. The van der Waals surface area contributed by atoms with Crippen molar-refractivity contribution in [2.24, 2.45) is 5.92 Å². The molecule has 1 spiro atoms. The maximum atomic E-state index is 16.6. The van der Waals surface area contributed by atoms with Gasteiger partial charge in [-0.05, 0) is 82.6 Å². The quantitative estimate of drug-likeness (QED) is 0.124. The van der Waals surface area contributed by atoms with Gasteiger partial charge in [0.15, 0.2) is 11.5 Å². The molecule has 0 aliphatic carbocycles. The number of anilines is 1. The third-order valence-corrected chi connectivity index (χ3v) is 14.0. The maximum absolute atomic E-state index is 16.6. The smallest absolute Gasteiger partial charge is 0.329 e. The van der Waals surface area contributed by atoms with Crippen LogP contribution in [0.3, 0.4) is 0 Å². The number of aliphatic hydroxyl groups is 1. The van der Waals surface area contributed by atoms with Crippen LogP contribution < -0.4 is 24.4 Å². The highest BCUT2D eigenvalue weighted by molar-refractivity contribution is 6.24. The highest BCUT2D eigenvalue weighted by Gasteiger charge is 2.76. The van der Waals surface area contributed by atoms with E-state index in [4.69, 9.17) is 18.9 Å². The Bertz CT molecular complexity index is 2860. The number of morpholine rings is 1. The number of aliphatic hydroxyl groups excluding tert-OH is 1. The summed E-state index contributed by atoms with van der Waals surface area (Å²) in [6.45, 7) is 2.04. The summed E-state index contributed by atoms with van der Waals surface area (Å²) < 4.78 is 24.0. The van der Waals surface area contributed by atoms with Gasteiger partial charge in [-0.15, -0.1) is 0 Å². The number of cyclic esters (lactones) is 1. The lowest BCUT2D eigenvalue weighted by Crippen LogP contribution is -2.57. The molecule has 2 N–H and O–H groups in total. The number of carbonyl (C=O) groups excluding carboxylic acids is 4. The fraction of sp³-hybridized carbons (Fsp3) is 0.273. The molecule has 6 aromatic carbocycles. The first-order chi connectivity index (χ1) is 33.2. The average Bonchev–Trinajstić information content (AvgIpc) is 3.84. The number of imide groups is 1. The summed E-state index contributed by atoms with van der Waals surface area (Å²) >= 11 is 0. The van der Waals surface area contributed by atoms with E-state index in [-0.39, 0.29) is 26.3 Å². The van der Waals surface area contributed by atoms with E-state index in [9.17, 15) is 5.11 Å². The monoisotopic (exact) mass is 912 g/mol. The molecule has 4 amide bonds. The van der Waals surface area contributed by atoms with Crippen LogP contribution in [0.5, 0.6) is 17.2 Å². The molecule has 2 fully saturated rings. The van der Waals surface area contributed by atoms with Gasteiger partial charge in [0.1, 0.15) is 29.9 Å². The van der Waals surface area contributed by atoms with Crippen LogP contribution in [0.4, 0.5) is 10.5 Å². The van der Waals surface area contributed by atoms with Crippen molar-refractivity contribution >= 4 is 29.5 Å². The molecule has 0 bridgehead atoms. The van der Waals surface area contributed by atoms with Crippen molar-refractivity contribution < 1.29 is 43.2 Å². The second kappa shape index (κ2) is 18.3. The van der Waals surface area contributed by atoms with Gasteiger partial charge in [0.2, 0.25) is 11.8 Å². The number of urea groups is 1. The van der Waals surface area contributed by atoms with Gasteiger partial charge in [0, 0.05) is 13.1 Å². The highest BCUT2D eigenvalue weighted by Crippen LogP contribution is 2.66. The third-order valence-electron chi connectivity index (χ3n) is 14.0. The van der Waals surface area contributed by atoms with Gasteiger partial charge in [-0.3, -0.25) is 19.3 Å². The zero-order chi connectivity index (χ0) is 47.1. The van der Waals surface area contributed by atoms with Crippen LogP contribution in [0, 0.1) is 5.92 Å². The number of rotatable bonds is 11. The van der Waals surface area contributed by atoms with Gasteiger partial charge in [0.05, 0.1) is 50.6 Å². The standard InChI is InChI=1S/C55H52N4O9/c1-34(35-16-7-4-8-17-35)56-54(64)58-43-25-14-13-24-42(43)55(53(58)63)46(51(61)57-27-26-38-31-44(65-2)45(66-3)32-40(38)33-57)48-52(62)68-49(37-20-11-6-12-21-37)47(36-18-9-5-10-19-36)59(48)50(55)39-22-15-23-41(30-39)67-29-28-60/h4-25,30-32,34,46-50,60H,26-29,33H2,1-3H3,(H,56,64)/t34-,46-,47-,48-,49+,50+,55-/m1/s1. The van der Waals surface area contributed by atoms with Crippen molar-refractivity contribution in [2.45, 2.75) is 55.6 Å². The molecule has 13 nitrogen and oxygen atoms in total. The minimum atomic E-state index is -1.92. The van der Waals surface area contributed by atoms with Crippen LogP contribution in [0.15, 0.2) is 152 Å². The zero-order valence-corrected chi connectivity index (χ0v) is 38.0. The number of para-hydroxylation sites is 1. The van der Waals surface area contributed by atoms with E-state index in [2.05, 4.69) is 5.32 Å². The Morgan fingerprint density at radius 2 is 1.40 bits per heavy atom. The summed E-state index contributed by atoms with van der Waals surface area (Å²) in [6, 6.07) is 42.4. The van der Waals surface area contributed by atoms with Gasteiger partial charge in [-0.25, -0.2) is 9.69 Å². The molecule has 10 rings (SSSR count). The van der Waals surface area contributed by atoms with Crippen LogP contribution in [0.25, 0.3) is 0 Å². The van der Waals surface area contributed by atoms with Gasteiger partial charge < -0.3 is 34.3 Å². The zero-order valence-electron chi connectivity index (χ0n) is 38.0. The van der Waals surface area contributed by atoms with Crippen molar-refractivity contribution in [1.29, 1.82) is 0 Å². The van der Waals surface area contributed by atoms with Crippen LogP contribution in [-0.4, -0.2) is 78.7 Å². The minimum absolute atomic E-state index is 0.00413. The summed E-state index contributed by atoms with van der Waals surface area (Å²) in [4.78, 5) is 68.4. The lowest BCUT2D eigenvalue weighted by Gasteiger charge is -2.46. The van der Waals surface area contributed by atoms with E-state index in [1.54, 1.807) is 61.6 Å². The van der Waals surface area contributed by atoms with E-state index in [0.717, 1.165) is 32.7 Å². The first-order valence-electron chi connectivity index (χ1n) is 22.9. The number of methoxy groups -OCH3 is 2. The number of carbonyl (C=O) groups is 4. The summed E-state index contributed by atoms with van der Waals surface area (Å²) in [5.74, 6) is -1.71. The van der Waals surface area contributed by atoms with Crippen LogP contribution in [0.2, 0.25) is 0 Å². The fourth-order valence-corrected chi connectivity index (χ4v) is 11.1. The Balaban J connectivity index is 1.22. The Kier molecular flexibility index (Phi) is 11.9. The maximum Gasteiger partial charge on any atom is 0.329 e. The Morgan fingerprint density at radius 3 is 2.09 bits per heavy atom. The molecular weight excluding hydrogens is 861 g/mol. The van der Waals surface area contributed by atoms with Crippen molar-refractivity contribution in [3.8, 4) is 17.2 Å². The molecule has 2 saturated heterocycles. The summed E-state index contributed by atoms with van der Waals surface area (Å²) in [5, 5.41) is 12.9. The minimum Gasteiger partial charge on any atom is -0.493 e. The number of benzene rings is 6. The lowest BCUT2D eigenvalue weighted by molar-refractivity contribution is -0.179. The number of amides is 4.